The number of amides is 3. The average Bonchev–Trinajstić information content (AvgIpc) is 3.46. The summed E-state index contributed by atoms with van der Waals surface area (Å²) in [5, 5.41) is 5.14. The molecule has 0 bridgehead atoms. The van der Waals surface area contributed by atoms with Crippen LogP contribution in [0.5, 0.6) is 0 Å². The zero-order valence-corrected chi connectivity index (χ0v) is 25.9. The predicted molar refractivity (Wildman–Crippen MR) is 159 cm³/mol. The molecule has 3 amide bonds. The van der Waals surface area contributed by atoms with Gasteiger partial charge in [-0.25, -0.2) is 19.5 Å². The number of thiazole rings is 1. The van der Waals surface area contributed by atoms with Gasteiger partial charge in [-0.2, -0.15) is 0 Å². The Morgan fingerprint density at radius 2 is 1.38 bits per heavy atom. The third-order valence-electron chi connectivity index (χ3n) is 6.80. The van der Waals surface area contributed by atoms with Crippen molar-refractivity contribution in [2.24, 2.45) is 0 Å². The first-order valence-corrected chi connectivity index (χ1v) is 16.1. The largest absolute Gasteiger partial charge is 0.447 e. The van der Waals surface area contributed by atoms with Gasteiger partial charge in [-0.3, -0.25) is 4.79 Å². The second kappa shape index (κ2) is 24.6. The number of hydrogen-bond donors (Lipinski definition) is 1. The summed E-state index contributed by atoms with van der Waals surface area (Å²) in [5.41, 5.74) is 0. The van der Waals surface area contributed by atoms with E-state index in [9.17, 15) is 14.4 Å². The monoisotopic (exact) mass is 583 g/mol. The van der Waals surface area contributed by atoms with Crippen LogP contribution in [-0.4, -0.2) is 60.9 Å². The number of rotatable bonds is 24. The van der Waals surface area contributed by atoms with Gasteiger partial charge in [-0.1, -0.05) is 103 Å². The fraction of sp³-hybridized carbons (Fsp3) is 0.800. The zero-order chi connectivity index (χ0) is 29.3. The summed E-state index contributed by atoms with van der Waals surface area (Å²) < 4.78 is 15.6. The highest BCUT2D eigenvalue weighted by atomic mass is 32.1. The van der Waals surface area contributed by atoms with Crippen molar-refractivity contribution in [2.45, 2.75) is 129 Å². The first-order valence-electron chi connectivity index (χ1n) is 15.2. The van der Waals surface area contributed by atoms with Gasteiger partial charge in [-0.05, 0) is 6.42 Å². The molecule has 0 spiro atoms. The molecule has 1 aromatic heterocycles. The molecule has 0 aliphatic heterocycles. The summed E-state index contributed by atoms with van der Waals surface area (Å²) in [5.74, 6) is -0.445. The van der Waals surface area contributed by atoms with Crippen LogP contribution < -0.4 is 5.32 Å². The van der Waals surface area contributed by atoms with Crippen LogP contribution in [0.2, 0.25) is 0 Å². The van der Waals surface area contributed by atoms with Crippen molar-refractivity contribution in [3.8, 4) is 0 Å². The van der Waals surface area contributed by atoms with Gasteiger partial charge in [0, 0.05) is 32.2 Å². The first-order chi connectivity index (χ1) is 19.5. The standard InChI is InChI=1S/C30H53N3O6S/c1-4-5-6-7-8-9-10-11-12-13-14-15-16-17-18-19-20-32-29(35)38-24-27(37-3)25-39-30(36)33(26(2)34)23-28-31-21-22-40-28/h21-22,27H,4-20,23-25H2,1-3H3,(H,32,35). The lowest BCUT2D eigenvalue weighted by Crippen LogP contribution is -2.38. The van der Waals surface area contributed by atoms with E-state index in [0.717, 1.165) is 17.7 Å². The topological polar surface area (TPSA) is 107 Å². The highest BCUT2D eigenvalue weighted by molar-refractivity contribution is 7.09. The van der Waals surface area contributed by atoms with Crippen molar-refractivity contribution in [1.29, 1.82) is 0 Å². The normalized spacial score (nSPS) is 11.7. The zero-order valence-electron chi connectivity index (χ0n) is 25.1. The lowest BCUT2D eigenvalue weighted by molar-refractivity contribution is -0.128. The predicted octanol–water partition coefficient (Wildman–Crippen LogP) is 7.63. The Bertz CT molecular complexity index is 778. The minimum absolute atomic E-state index is 0.0434. The van der Waals surface area contributed by atoms with Crippen molar-refractivity contribution in [1.82, 2.24) is 15.2 Å². The van der Waals surface area contributed by atoms with E-state index < -0.39 is 24.2 Å². The van der Waals surface area contributed by atoms with Crippen LogP contribution in [-0.2, 0) is 25.5 Å². The van der Waals surface area contributed by atoms with Crippen LogP contribution in [0.15, 0.2) is 11.6 Å². The summed E-state index contributed by atoms with van der Waals surface area (Å²) in [6, 6.07) is 0. The Morgan fingerprint density at radius 1 is 0.850 bits per heavy atom. The van der Waals surface area contributed by atoms with Crippen LogP contribution >= 0.6 is 11.3 Å². The number of carbonyl (C=O) groups is 3. The van der Waals surface area contributed by atoms with Crippen LogP contribution in [0.3, 0.4) is 0 Å². The summed E-state index contributed by atoms with van der Waals surface area (Å²) in [6.45, 7) is 3.94. The minimum Gasteiger partial charge on any atom is -0.447 e. The number of aromatic nitrogens is 1. The number of carbonyl (C=O) groups excluding carboxylic acids is 3. The second-order valence-corrected chi connectivity index (χ2v) is 11.3. The van der Waals surface area contributed by atoms with Crippen LogP contribution in [0.25, 0.3) is 0 Å². The Labute approximate surface area is 245 Å². The molecular formula is C30H53N3O6S. The molecule has 40 heavy (non-hydrogen) atoms. The van der Waals surface area contributed by atoms with E-state index in [2.05, 4.69) is 17.2 Å². The lowest BCUT2D eigenvalue weighted by atomic mass is 10.0. The van der Waals surface area contributed by atoms with Gasteiger partial charge in [0.1, 0.15) is 24.3 Å². The maximum absolute atomic E-state index is 12.3. The molecule has 1 unspecified atom stereocenters. The SMILES string of the molecule is CCCCCCCCCCCCCCCCCCNC(=O)OCC(COC(=O)N(Cc1nccs1)C(C)=O)OC. The highest BCUT2D eigenvalue weighted by Crippen LogP contribution is 2.14. The molecule has 0 aromatic carbocycles. The summed E-state index contributed by atoms with van der Waals surface area (Å²) in [4.78, 5) is 41.2. The van der Waals surface area contributed by atoms with Gasteiger partial charge >= 0.3 is 12.2 Å². The fourth-order valence-electron chi connectivity index (χ4n) is 4.28. The van der Waals surface area contributed by atoms with E-state index in [1.54, 1.807) is 11.6 Å². The molecule has 1 heterocycles. The van der Waals surface area contributed by atoms with Crippen molar-refractivity contribution < 1.29 is 28.6 Å². The Morgan fingerprint density at radius 3 is 1.85 bits per heavy atom. The molecule has 1 aromatic rings. The molecule has 0 fully saturated rings. The Kier molecular flexibility index (Phi) is 22.0. The molecule has 0 radical (unpaired) electrons. The molecule has 0 aliphatic carbocycles. The lowest BCUT2D eigenvalue weighted by Gasteiger charge is -2.20. The quantitative estimate of drug-likeness (QED) is 0.125. The number of unbranched alkanes of at least 4 members (excludes halogenated alkanes) is 15. The van der Waals surface area contributed by atoms with E-state index in [-0.39, 0.29) is 19.8 Å². The summed E-state index contributed by atoms with van der Waals surface area (Å²) >= 11 is 1.34. The van der Waals surface area contributed by atoms with Crippen molar-refractivity contribution in [3.05, 3.63) is 16.6 Å². The summed E-state index contributed by atoms with van der Waals surface area (Å²) in [7, 11) is 1.44. The Balaban J connectivity index is 1.99. The molecule has 1 atom stereocenters. The van der Waals surface area contributed by atoms with E-state index in [1.807, 2.05) is 0 Å². The van der Waals surface area contributed by atoms with Crippen LogP contribution in [0.1, 0.15) is 122 Å². The van der Waals surface area contributed by atoms with Crippen molar-refractivity contribution >= 4 is 29.4 Å². The Hall–Kier alpha value is -2.20. The van der Waals surface area contributed by atoms with Gasteiger partial charge in [0.15, 0.2) is 0 Å². The molecule has 0 aliphatic rings. The van der Waals surface area contributed by atoms with Crippen molar-refractivity contribution in [3.63, 3.8) is 0 Å². The molecule has 0 saturated heterocycles. The fourth-order valence-corrected chi connectivity index (χ4v) is 4.88. The van der Waals surface area contributed by atoms with E-state index in [1.165, 1.54) is 115 Å². The number of methoxy groups -OCH3 is 1. The van der Waals surface area contributed by atoms with Crippen molar-refractivity contribution in [2.75, 3.05) is 26.9 Å². The number of alkyl carbamates (subject to hydrolysis) is 1. The second-order valence-electron chi connectivity index (χ2n) is 10.3. The van der Waals surface area contributed by atoms with Gasteiger partial charge in [0.05, 0.1) is 6.54 Å². The molecule has 10 heteroatoms. The number of nitrogens with one attached hydrogen (secondary N) is 1. The highest BCUT2D eigenvalue weighted by Gasteiger charge is 2.23. The van der Waals surface area contributed by atoms with E-state index in [0.29, 0.717) is 11.6 Å². The number of ether oxygens (including phenoxy) is 3. The number of imide groups is 1. The third-order valence-corrected chi connectivity index (χ3v) is 7.57. The molecule has 9 nitrogen and oxygen atoms in total. The van der Waals surface area contributed by atoms with Gasteiger partial charge < -0.3 is 19.5 Å². The summed E-state index contributed by atoms with van der Waals surface area (Å²) in [6.07, 6.45) is 20.6. The first kappa shape index (κ1) is 35.8. The maximum atomic E-state index is 12.3. The number of hydrogen-bond acceptors (Lipinski definition) is 8. The molecule has 230 valence electrons. The van der Waals surface area contributed by atoms with E-state index in [4.69, 9.17) is 14.2 Å². The van der Waals surface area contributed by atoms with Gasteiger partial charge in [0.25, 0.3) is 0 Å². The van der Waals surface area contributed by atoms with E-state index >= 15 is 0 Å². The maximum Gasteiger partial charge on any atom is 0.417 e. The molecule has 0 saturated carbocycles. The molecule has 1 rings (SSSR count). The third kappa shape index (κ3) is 19.0. The van der Waals surface area contributed by atoms with Crippen LogP contribution in [0.4, 0.5) is 9.59 Å². The van der Waals surface area contributed by atoms with Gasteiger partial charge in [0.2, 0.25) is 5.91 Å². The average molecular weight is 584 g/mol. The minimum atomic E-state index is -0.794. The molecular weight excluding hydrogens is 530 g/mol. The van der Waals surface area contributed by atoms with Crippen LogP contribution in [0, 0.1) is 0 Å². The smallest absolute Gasteiger partial charge is 0.417 e. The molecule has 1 N–H and O–H groups in total. The van der Waals surface area contributed by atoms with Gasteiger partial charge in [-0.15, -0.1) is 11.3 Å². The number of nitrogens with zero attached hydrogens (tertiary/aromatic N) is 2.